The van der Waals surface area contributed by atoms with Crippen LogP contribution in [0.1, 0.15) is 80.8 Å². The summed E-state index contributed by atoms with van der Waals surface area (Å²) in [6, 6.07) is -0.0378. The van der Waals surface area contributed by atoms with Crippen molar-refractivity contribution < 1.29 is 18.0 Å². The first-order chi connectivity index (χ1) is 11.8. The Hall–Kier alpha value is -1.53. The lowest BCUT2D eigenvalue weighted by Crippen LogP contribution is -2.42. The van der Waals surface area contributed by atoms with E-state index < -0.39 is 17.8 Å². The number of halogens is 3. The molecule has 0 spiro atoms. The average Bonchev–Trinajstić information content (AvgIpc) is 2.95. The van der Waals surface area contributed by atoms with E-state index in [-0.39, 0.29) is 11.6 Å². The summed E-state index contributed by atoms with van der Waals surface area (Å²) in [7, 11) is 1.39. The third kappa shape index (κ3) is 5.47. The lowest BCUT2D eigenvalue weighted by molar-refractivity contribution is -0.141. The van der Waals surface area contributed by atoms with E-state index >= 15 is 0 Å². The quantitative estimate of drug-likeness (QED) is 0.718. The highest BCUT2D eigenvalue weighted by Crippen LogP contribution is 2.32. The number of carbonyl (C=O) groups is 1. The molecule has 0 aliphatic heterocycles. The number of hydrogen-bond donors (Lipinski definition) is 1. The highest BCUT2D eigenvalue weighted by molar-refractivity contribution is 5.95. The van der Waals surface area contributed by atoms with Crippen LogP contribution in [0, 0.1) is 5.92 Å². The van der Waals surface area contributed by atoms with Gasteiger partial charge in [-0.15, -0.1) is 0 Å². The van der Waals surface area contributed by atoms with Gasteiger partial charge in [0.25, 0.3) is 5.91 Å². The van der Waals surface area contributed by atoms with Gasteiger partial charge in [-0.25, -0.2) is 0 Å². The van der Waals surface area contributed by atoms with Crippen molar-refractivity contribution in [2.75, 3.05) is 0 Å². The lowest BCUT2D eigenvalue weighted by Gasteiger charge is -2.32. The van der Waals surface area contributed by atoms with Gasteiger partial charge in [0, 0.05) is 19.3 Å². The first-order valence-corrected chi connectivity index (χ1v) is 9.24. The third-order valence-electron chi connectivity index (χ3n) is 5.00. The predicted octanol–water partition coefficient (Wildman–Crippen LogP) is 4.70. The van der Waals surface area contributed by atoms with E-state index in [1.165, 1.54) is 26.3 Å². The fraction of sp³-hybridized carbons (Fsp3) is 0.778. The Morgan fingerprint density at radius 1 is 1.28 bits per heavy atom. The van der Waals surface area contributed by atoms with E-state index in [2.05, 4.69) is 17.3 Å². The van der Waals surface area contributed by atoms with E-state index in [1.54, 1.807) is 0 Å². The average molecular weight is 359 g/mol. The zero-order valence-corrected chi connectivity index (χ0v) is 15.0. The lowest BCUT2D eigenvalue weighted by atomic mass is 9.81. The fourth-order valence-corrected chi connectivity index (χ4v) is 3.69. The van der Waals surface area contributed by atoms with E-state index in [9.17, 15) is 18.0 Å². The van der Waals surface area contributed by atoms with E-state index in [1.807, 2.05) is 0 Å². The molecule has 1 aliphatic carbocycles. The van der Waals surface area contributed by atoms with Crippen LogP contribution < -0.4 is 5.32 Å². The second kappa shape index (κ2) is 8.72. The number of aromatic nitrogens is 2. The Balaban J connectivity index is 2.02. The number of amides is 1. The Bertz CT molecular complexity index is 568. The molecule has 1 aliphatic rings. The van der Waals surface area contributed by atoms with Gasteiger partial charge in [-0.3, -0.25) is 9.48 Å². The van der Waals surface area contributed by atoms with Crippen molar-refractivity contribution in [2.45, 2.75) is 76.9 Å². The highest BCUT2D eigenvalue weighted by atomic mass is 19.4. The molecular weight excluding hydrogens is 331 g/mol. The van der Waals surface area contributed by atoms with Crippen LogP contribution in [0.15, 0.2) is 6.20 Å². The normalized spacial score (nSPS) is 21.3. The van der Waals surface area contributed by atoms with Crippen LogP contribution in [0.5, 0.6) is 0 Å². The van der Waals surface area contributed by atoms with Crippen molar-refractivity contribution >= 4 is 5.91 Å². The molecule has 0 saturated heterocycles. The summed E-state index contributed by atoms with van der Waals surface area (Å²) in [4.78, 5) is 12.5. The molecule has 142 valence electrons. The zero-order valence-electron chi connectivity index (χ0n) is 15.0. The van der Waals surface area contributed by atoms with E-state index in [0.29, 0.717) is 5.92 Å². The van der Waals surface area contributed by atoms with Crippen molar-refractivity contribution in [3.05, 3.63) is 17.5 Å². The van der Waals surface area contributed by atoms with Gasteiger partial charge in [-0.2, -0.15) is 18.3 Å². The molecule has 4 nitrogen and oxygen atoms in total. The topological polar surface area (TPSA) is 46.9 Å². The summed E-state index contributed by atoms with van der Waals surface area (Å²) < 4.78 is 40.2. The van der Waals surface area contributed by atoms with Gasteiger partial charge < -0.3 is 5.32 Å². The monoisotopic (exact) mass is 359 g/mol. The number of aryl methyl sites for hydroxylation is 1. The van der Waals surface area contributed by atoms with Crippen molar-refractivity contribution in [3.8, 4) is 0 Å². The Morgan fingerprint density at radius 3 is 2.68 bits per heavy atom. The minimum absolute atomic E-state index is 0.0378. The number of nitrogens with one attached hydrogen (secondary N) is 1. The minimum atomic E-state index is -4.62. The second-order valence-electron chi connectivity index (χ2n) is 7.04. The summed E-state index contributed by atoms with van der Waals surface area (Å²) in [6.07, 6.45) is 6.24. The SMILES string of the molecule is CCCCCCC1CCCCC1NC(=O)c1cn(C)nc1C(F)(F)F. The van der Waals surface area contributed by atoms with E-state index in [0.717, 1.165) is 49.4 Å². The summed E-state index contributed by atoms with van der Waals surface area (Å²) in [5.74, 6) is -0.300. The van der Waals surface area contributed by atoms with Gasteiger partial charge >= 0.3 is 6.18 Å². The number of carbonyl (C=O) groups excluding carboxylic acids is 1. The highest BCUT2D eigenvalue weighted by Gasteiger charge is 2.39. The molecule has 7 heteroatoms. The molecule has 2 unspecified atom stereocenters. The van der Waals surface area contributed by atoms with Crippen molar-refractivity contribution in [1.82, 2.24) is 15.1 Å². The Morgan fingerprint density at radius 2 is 2.00 bits per heavy atom. The molecule has 1 saturated carbocycles. The van der Waals surface area contributed by atoms with Gasteiger partial charge in [0.2, 0.25) is 0 Å². The summed E-state index contributed by atoms with van der Waals surface area (Å²) in [5.41, 5.74) is -1.49. The summed E-state index contributed by atoms with van der Waals surface area (Å²) in [5, 5.41) is 6.28. The van der Waals surface area contributed by atoms with Crippen LogP contribution in [0.3, 0.4) is 0 Å². The number of nitrogens with zero attached hydrogens (tertiary/aromatic N) is 2. The van der Waals surface area contributed by atoms with E-state index in [4.69, 9.17) is 0 Å². The standard InChI is InChI=1S/C18H28F3N3O/c1-3-4-5-6-9-13-10-7-8-11-15(13)22-17(25)14-12-24(2)23-16(14)18(19,20)21/h12-13,15H,3-11H2,1-2H3,(H,22,25). The maximum atomic E-state index is 13.1. The molecule has 2 atom stereocenters. The molecule has 2 rings (SSSR count). The molecular formula is C18H28F3N3O. The first-order valence-electron chi connectivity index (χ1n) is 9.24. The summed E-state index contributed by atoms with van der Waals surface area (Å²) in [6.45, 7) is 2.16. The smallest absolute Gasteiger partial charge is 0.349 e. The number of hydrogen-bond acceptors (Lipinski definition) is 2. The molecule has 1 aromatic heterocycles. The first kappa shape index (κ1) is 19.8. The van der Waals surface area contributed by atoms with Crippen LogP contribution in [-0.2, 0) is 13.2 Å². The number of unbranched alkanes of at least 4 members (excludes halogenated alkanes) is 3. The number of alkyl halides is 3. The number of rotatable bonds is 7. The predicted molar refractivity (Wildman–Crippen MR) is 90.2 cm³/mol. The largest absolute Gasteiger partial charge is 0.435 e. The molecule has 1 amide bonds. The van der Waals surface area contributed by atoms with Crippen LogP contribution in [0.4, 0.5) is 13.2 Å². The van der Waals surface area contributed by atoms with Crippen LogP contribution in [-0.4, -0.2) is 21.7 Å². The molecule has 0 bridgehead atoms. The maximum Gasteiger partial charge on any atom is 0.435 e. The third-order valence-corrected chi connectivity index (χ3v) is 5.00. The van der Waals surface area contributed by atoms with Gasteiger partial charge in [-0.05, 0) is 25.2 Å². The van der Waals surface area contributed by atoms with Gasteiger partial charge in [0.05, 0.1) is 5.56 Å². The van der Waals surface area contributed by atoms with Gasteiger partial charge in [-0.1, -0.05) is 45.4 Å². The van der Waals surface area contributed by atoms with Crippen LogP contribution >= 0.6 is 0 Å². The van der Waals surface area contributed by atoms with Crippen molar-refractivity contribution in [3.63, 3.8) is 0 Å². The molecule has 1 aromatic rings. The van der Waals surface area contributed by atoms with Gasteiger partial charge in [0.1, 0.15) is 0 Å². The van der Waals surface area contributed by atoms with Crippen molar-refractivity contribution in [2.24, 2.45) is 13.0 Å². The maximum absolute atomic E-state index is 13.1. The fourth-order valence-electron chi connectivity index (χ4n) is 3.69. The summed E-state index contributed by atoms with van der Waals surface area (Å²) >= 11 is 0. The molecule has 1 fully saturated rings. The second-order valence-corrected chi connectivity index (χ2v) is 7.04. The molecule has 25 heavy (non-hydrogen) atoms. The Labute approximate surface area is 147 Å². The molecule has 0 radical (unpaired) electrons. The van der Waals surface area contributed by atoms with Gasteiger partial charge in [0.15, 0.2) is 5.69 Å². The van der Waals surface area contributed by atoms with Crippen LogP contribution in [0.2, 0.25) is 0 Å². The Kier molecular flexibility index (Phi) is 6.90. The molecule has 0 aromatic carbocycles. The minimum Gasteiger partial charge on any atom is -0.349 e. The molecule has 1 N–H and O–H groups in total. The van der Waals surface area contributed by atoms with Crippen molar-refractivity contribution in [1.29, 1.82) is 0 Å². The molecule has 1 heterocycles. The zero-order chi connectivity index (χ0) is 18.4. The van der Waals surface area contributed by atoms with Crippen LogP contribution in [0.25, 0.3) is 0 Å².